The molecule has 7 heteroatoms. The van der Waals surface area contributed by atoms with Crippen molar-refractivity contribution in [1.82, 2.24) is 0 Å². The van der Waals surface area contributed by atoms with Crippen molar-refractivity contribution >= 4 is 19.3 Å². The number of anilines is 1. The molecule has 2 N–H and O–H groups in total. The second-order valence-corrected chi connectivity index (χ2v) is 7.33. The summed E-state index contributed by atoms with van der Waals surface area (Å²) in [7, 11) is -3.48. The number of hydrogen-bond donors (Lipinski definition) is 2. The predicted octanol–water partition coefficient (Wildman–Crippen LogP) is 4.76. The molecule has 1 atom stereocenters. The Labute approximate surface area is 147 Å². The van der Waals surface area contributed by atoms with Crippen molar-refractivity contribution in [2.75, 3.05) is 18.5 Å². The van der Waals surface area contributed by atoms with Gasteiger partial charge >= 0.3 is 13.6 Å². The van der Waals surface area contributed by atoms with Crippen LogP contribution >= 0.6 is 7.60 Å². The van der Waals surface area contributed by atoms with Crippen LogP contribution in [0.25, 0.3) is 0 Å². The fourth-order valence-electron chi connectivity index (χ4n) is 2.39. The van der Waals surface area contributed by atoms with E-state index < -0.39 is 19.3 Å². The van der Waals surface area contributed by atoms with Gasteiger partial charge in [-0.15, -0.1) is 0 Å². The first kappa shape index (κ1) is 19.2. The van der Waals surface area contributed by atoms with Crippen molar-refractivity contribution in [2.45, 2.75) is 19.6 Å². The first-order valence-corrected chi connectivity index (χ1v) is 9.65. The molecule has 0 aliphatic heterocycles. The van der Waals surface area contributed by atoms with Gasteiger partial charge in [0.2, 0.25) is 0 Å². The molecule has 2 aromatic rings. The van der Waals surface area contributed by atoms with E-state index in [1.54, 1.807) is 26.0 Å². The van der Waals surface area contributed by atoms with E-state index >= 15 is 0 Å². The topological polar surface area (TPSA) is 84.9 Å². The van der Waals surface area contributed by atoms with Gasteiger partial charge in [-0.2, -0.15) is 0 Å². The van der Waals surface area contributed by atoms with Crippen LogP contribution in [-0.2, 0) is 13.6 Å². The van der Waals surface area contributed by atoms with Crippen LogP contribution in [0.5, 0.6) is 0 Å². The summed E-state index contributed by atoms with van der Waals surface area (Å²) in [6, 6.07) is 15.5. The van der Waals surface area contributed by atoms with Gasteiger partial charge < -0.3 is 19.5 Å². The lowest BCUT2D eigenvalue weighted by atomic mass is 10.2. The molecule has 0 unspecified atom stereocenters. The normalized spacial score (nSPS) is 12.6. The Morgan fingerprint density at radius 1 is 1.04 bits per heavy atom. The molecule has 25 heavy (non-hydrogen) atoms. The molecule has 0 saturated heterocycles. The molecule has 0 saturated carbocycles. The molecule has 2 aromatic carbocycles. The Hall–Kier alpha value is -2.14. The summed E-state index contributed by atoms with van der Waals surface area (Å²) in [6.07, 6.45) is 0. The minimum absolute atomic E-state index is 0.180. The van der Waals surface area contributed by atoms with Crippen LogP contribution in [0.2, 0.25) is 0 Å². The molecule has 134 valence electrons. The van der Waals surface area contributed by atoms with Crippen LogP contribution in [-0.4, -0.2) is 24.3 Å². The lowest BCUT2D eigenvalue weighted by Gasteiger charge is -2.28. The SMILES string of the molecule is CCOP(=O)(OCC)[C@@H](Nc1ccc(C(=O)O)cc1)c1ccccc1. The van der Waals surface area contributed by atoms with Crippen LogP contribution in [0.1, 0.15) is 35.6 Å². The van der Waals surface area contributed by atoms with Crippen molar-refractivity contribution in [1.29, 1.82) is 0 Å². The van der Waals surface area contributed by atoms with E-state index in [-0.39, 0.29) is 18.8 Å². The molecule has 0 bridgehead atoms. The number of rotatable bonds is 9. The van der Waals surface area contributed by atoms with E-state index in [1.165, 1.54) is 12.1 Å². The minimum Gasteiger partial charge on any atom is -0.478 e. The van der Waals surface area contributed by atoms with Crippen LogP contribution in [0.3, 0.4) is 0 Å². The number of carbonyl (C=O) groups is 1. The summed E-state index contributed by atoms with van der Waals surface area (Å²) in [6.45, 7) is 4.02. The van der Waals surface area contributed by atoms with E-state index in [9.17, 15) is 9.36 Å². The largest absolute Gasteiger partial charge is 0.478 e. The quantitative estimate of drug-likeness (QED) is 0.625. The van der Waals surface area contributed by atoms with Crippen LogP contribution in [0.4, 0.5) is 5.69 Å². The zero-order valence-electron chi connectivity index (χ0n) is 14.2. The standard InChI is InChI=1S/C18H22NO5P/c1-3-23-25(22,24-4-2)17(14-8-6-5-7-9-14)19-16-12-10-15(11-13-16)18(20)21/h5-13,17,19H,3-4H2,1-2H3,(H,20,21)/t17-/m1/s1. The molecule has 0 aromatic heterocycles. The molecular weight excluding hydrogens is 341 g/mol. The van der Waals surface area contributed by atoms with E-state index in [1.807, 2.05) is 30.3 Å². The lowest BCUT2D eigenvalue weighted by molar-refractivity contribution is 0.0697. The van der Waals surface area contributed by atoms with Gasteiger partial charge in [0, 0.05) is 5.69 Å². The zero-order chi connectivity index (χ0) is 18.3. The van der Waals surface area contributed by atoms with E-state index in [4.69, 9.17) is 14.2 Å². The predicted molar refractivity (Wildman–Crippen MR) is 97.1 cm³/mol. The van der Waals surface area contributed by atoms with Gasteiger partial charge in [-0.3, -0.25) is 4.57 Å². The van der Waals surface area contributed by atoms with Crippen molar-refractivity contribution < 1.29 is 23.5 Å². The highest BCUT2D eigenvalue weighted by atomic mass is 31.2. The average Bonchev–Trinajstić information content (AvgIpc) is 2.61. The fourth-order valence-corrected chi connectivity index (χ4v) is 4.33. The fraction of sp³-hybridized carbons (Fsp3) is 0.278. The van der Waals surface area contributed by atoms with Crippen LogP contribution in [0.15, 0.2) is 54.6 Å². The highest BCUT2D eigenvalue weighted by molar-refractivity contribution is 7.54. The Morgan fingerprint density at radius 3 is 2.08 bits per heavy atom. The number of carboxylic acids is 1. The van der Waals surface area contributed by atoms with Gasteiger partial charge in [-0.05, 0) is 43.7 Å². The van der Waals surface area contributed by atoms with Gasteiger partial charge in [0.05, 0.1) is 18.8 Å². The number of nitrogens with one attached hydrogen (secondary N) is 1. The van der Waals surface area contributed by atoms with Gasteiger partial charge in [-0.1, -0.05) is 30.3 Å². The second kappa shape index (κ2) is 8.81. The molecule has 0 heterocycles. The Kier molecular flexibility index (Phi) is 6.76. The number of carboxylic acid groups (broad SMARTS) is 1. The Bertz CT molecular complexity index is 723. The number of benzene rings is 2. The van der Waals surface area contributed by atoms with Crippen molar-refractivity contribution in [3.8, 4) is 0 Å². The highest BCUT2D eigenvalue weighted by Crippen LogP contribution is 2.60. The van der Waals surface area contributed by atoms with Crippen LogP contribution < -0.4 is 5.32 Å². The summed E-state index contributed by atoms with van der Waals surface area (Å²) in [4.78, 5) is 11.0. The first-order chi connectivity index (χ1) is 12.0. The molecule has 0 radical (unpaired) electrons. The van der Waals surface area contributed by atoms with Gasteiger partial charge in [0.15, 0.2) is 5.78 Å². The molecule has 0 fully saturated rings. The third kappa shape index (κ3) is 4.92. The number of hydrogen-bond acceptors (Lipinski definition) is 5. The minimum atomic E-state index is -3.48. The molecule has 0 spiro atoms. The van der Waals surface area contributed by atoms with Crippen LogP contribution in [0, 0.1) is 0 Å². The van der Waals surface area contributed by atoms with Gasteiger partial charge in [0.25, 0.3) is 0 Å². The maximum atomic E-state index is 13.3. The van der Waals surface area contributed by atoms with E-state index in [0.29, 0.717) is 5.69 Å². The van der Waals surface area contributed by atoms with Gasteiger partial charge in [0.1, 0.15) is 0 Å². The molecular formula is C18H22NO5P. The average molecular weight is 363 g/mol. The zero-order valence-corrected chi connectivity index (χ0v) is 15.1. The summed E-state index contributed by atoms with van der Waals surface area (Å²) < 4.78 is 24.3. The molecule has 0 aliphatic carbocycles. The summed E-state index contributed by atoms with van der Waals surface area (Å²) in [5, 5.41) is 12.2. The Balaban J connectivity index is 2.37. The van der Waals surface area contributed by atoms with Crippen molar-refractivity contribution in [2.24, 2.45) is 0 Å². The third-order valence-corrected chi connectivity index (χ3v) is 5.78. The summed E-state index contributed by atoms with van der Waals surface area (Å²) >= 11 is 0. The monoisotopic (exact) mass is 363 g/mol. The molecule has 0 aliphatic rings. The van der Waals surface area contributed by atoms with E-state index in [2.05, 4.69) is 5.32 Å². The van der Waals surface area contributed by atoms with Gasteiger partial charge in [-0.25, -0.2) is 4.79 Å². The van der Waals surface area contributed by atoms with E-state index in [0.717, 1.165) is 5.56 Å². The maximum Gasteiger partial charge on any atom is 0.357 e. The van der Waals surface area contributed by atoms with Crippen molar-refractivity contribution in [3.63, 3.8) is 0 Å². The molecule has 6 nitrogen and oxygen atoms in total. The third-order valence-electron chi connectivity index (χ3n) is 3.48. The maximum absolute atomic E-state index is 13.3. The first-order valence-electron chi connectivity index (χ1n) is 8.03. The summed E-state index contributed by atoms with van der Waals surface area (Å²) in [5.41, 5.74) is 1.56. The second-order valence-electron chi connectivity index (χ2n) is 5.22. The number of aromatic carboxylic acids is 1. The summed E-state index contributed by atoms with van der Waals surface area (Å²) in [5.74, 6) is -1.70. The van der Waals surface area contributed by atoms with Crippen molar-refractivity contribution in [3.05, 3.63) is 65.7 Å². The lowest BCUT2D eigenvalue weighted by Crippen LogP contribution is -2.15. The smallest absolute Gasteiger partial charge is 0.357 e. The molecule has 2 rings (SSSR count). The molecule has 0 amide bonds. The Morgan fingerprint density at radius 2 is 1.60 bits per heavy atom. The highest BCUT2D eigenvalue weighted by Gasteiger charge is 2.37.